The highest BCUT2D eigenvalue weighted by Crippen LogP contribution is 2.40. The summed E-state index contributed by atoms with van der Waals surface area (Å²) >= 11 is 0. The highest BCUT2D eigenvalue weighted by molar-refractivity contribution is 5.54. The number of unbranched alkanes of at least 4 members (excludes halogenated alkanes) is 33. The van der Waals surface area contributed by atoms with Crippen LogP contribution in [0.25, 0.3) is 0 Å². The molecule has 0 bridgehead atoms. The lowest BCUT2D eigenvalue weighted by atomic mass is 10.1. The van der Waals surface area contributed by atoms with Crippen molar-refractivity contribution < 1.29 is 14.2 Å². The van der Waals surface area contributed by atoms with Gasteiger partial charge in [-0.05, 0) is 43.4 Å². The molecule has 0 spiro atoms. The van der Waals surface area contributed by atoms with E-state index < -0.39 is 0 Å². The van der Waals surface area contributed by atoms with Gasteiger partial charge < -0.3 is 14.2 Å². The minimum atomic E-state index is 0.743. The number of benzene rings is 1. The molecule has 312 valence electrons. The van der Waals surface area contributed by atoms with Crippen molar-refractivity contribution >= 4 is 0 Å². The molecule has 0 atom stereocenters. The first-order valence-electron chi connectivity index (χ1n) is 24.3. The lowest BCUT2D eigenvalue weighted by Crippen LogP contribution is -2.07. The van der Waals surface area contributed by atoms with E-state index in [0.29, 0.717) is 0 Å². The van der Waals surface area contributed by atoms with Gasteiger partial charge in [0.05, 0.1) is 19.8 Å². The molecule has 0 fully saturated rings. The molecule has 0 heterocycles. The second-order valence-electron chi connectivity index (χ2n) is 16.5. The van der Waals surface area contributed by atoms with E-state index in [9.17, 15) is 0 Å². The van der Waals surface area contributed by atoms with Crippen LogP contribution in [0.4, 0.5) is 0 Å². The third-order valence-corrected chi connectivity index (χ3v) is 11.2. The predicted molar refractivity (Wildman–Crippen MR) is 236 cm³/mol. The van der Waals surface area contributed by atoms with E-state index in [2.05, 4.69) is 39.8 Å². The van der Waals surface area contributed by atoms with Crippen LogP contribution in [-0.4, -0.2) is 19.8 Å². The molecular weight excluding hydrogens is 649 g/mol. The Morgan fingerprint density at radius 3 is 0.755 bits per heavy atom. The van der Waals surface area contributed by atoms with Gasteiger partial charge in [-0.25, -0.2) is 0 Å². The first kappa shape index (κ1) is 49.6. The summed E-state index contributed by atoms with van der Waals surface area (Å²) < 4.78 is 19.5. The van der Waals surface area contributed by atoms with E-state index in [4.69, 9.17) is 14.2 Å². The fraction of sp³-hybridized carbons (Fsp3) is 0.880. The van der Waals surface area contributed by atoms with Gasteiger partial charge in [0, 0.05) is 0 Å². The molecule has 0 unspecified atom stereocenters. The van der Waals surface area contributed by atoms with E-state index in [0.717, 1.165) is 62.8 Å². The van der Waals surface area contributed by atoms with Crippen LogP contribution in [-0.2, 0) is 6.42 Å². The zero-order valence-electron chi connectivity index (χ0n) is 36.7. The molecule has 0 saturated heterocycles. The smallest absolute Gasteiger partial charge is 0.203 e. The summed E-state index contributed by atoms with van der Waals surface area (Å²) in [6.07, 6.45) is 49.9. The van der Waals surface area contributed by atoms with Crippen molar-refractivity contribution in [2.45, 2.75) is 265 Å². The number of hydrogen-bond donors (Lipinski definition) is 0. The normalized spacial score (nSPS) is 11.4. The lowest BCUT2D eigenvalue weighted by Gasteiger charge is -2.19. The topological polar surface area (TPSA) is 27.7 Å². The fourth-order valence-electron chi connectivity index (χ4n) is 7.56. The summed E-state index contributed by atoms with van der Waals surface area (Å²) in [6, 6.07) is 4.43. The van der Waals surface area contributed by atoms with Crippen LogP contribution in [0.2, 0.25) is 0 Å². The van der Waals surface area contributed by atoms with E-state index in [1.807, 2.05) is 0 Å². The van der Waals surface area contributed by atoms with Gasteiger partial charge in [0.1, 0.15) is 0 Å². The molecule has 0 radical (unpaired) electrons. The molecule has 1 aromatic rings. The fourth-order valence-corrected chi connectivity index (χ4v) is 7.56. The number of aryl methyl sites for hydroxylation is 1. The number of ether oxygens (including phenoxy) is 3. The van der Waals surface area contributed by atoms with Crippen molar-refractivity contribution in [1.29, 1.82) is 0 Å². The summed E-state index contributed by atoms with van der Waals surface area (Å²) in [7, 11) is 0. The molecule has 3 nitrogen and oxygen atoms in total. The Hall–Kier alpha value is -1.38. The van der Waals surface area contributed by atoms with Crippen LogP contribution in [0.5, 0.6) is 17.2 Å². The van der Waals surface area contributed by atoms with Crippen LogP contribution in [0.3, 0.4) is 0 Å². The molecule has 53 heavy (non-hydrogen) atoms. The Balaban J connectivity index is 2.48. The van der Waals surface area contributed by atoms with Gasteiger partial charge >= 0.3 is 0 Å². The van der Waals surface area contributed by atoms with Gasteiger partial charge in [-0.1, -0.05) is 240 Å². The molecule has 1 rings (SSSR count). The van der Waals surface area contributed by atoms with Crippen molar-refractivity contribution in [3.05, 3.63) is 17.7 Å². The summed E-state index contributed by atoms with van der Waals surface area (Å²) in [4.78, 5) is 0. The van der Waals surface area contributed by atoms with E-state index in [-0.39, 0.29) is 0 Å². The SMILES string of the molecule is CCCCCCCCCCCCCCOc1cc(CC)cc(OCCCCCCCCCCCCCC)c1OCCCCCCCCCCCCCC. The highest BCUT2D eigenvalue weighted by Gasteiger charge is 2.16. The molecule has 0 aromatic heterocycles. The van der Waals surface area contributed by atoms with Gasteiger partial charge in [0.25, 0.3) is 0 Å². The average molecular weight is 743 g/mol. The minimum absolute atomic E-state index is 0.743. The second kappa shape index (κ2) is 40.3. The van der Waals surface area contributed by atoms with Crippen LogP contribution in [0, 0.1) is 0 Å². The van der Waals surface area contributed by atoms with Crippen molar-refractivity contribution in [1.82, 2.24) is 0 Å². The number of rotatable bonds is 43. The van der Waals surface area contributed by atoms with Gasteiger partial charge in [-0.2, -0.15) is 0 Å². The molecule has 0 saturated carbocycles. The van der Waals surface area contributed by atoms with Crippen molar-refractivity contribution in [2.24, 2.45) is 0 Å². The monoisotopic (exact) mass is 743 g/mol. The van der Waals surface area contributed by atoms with E-state index in [1.54, 1.807) is 0 Å². The Bertz CT molecular complexity index is 815. The Labute approximate surface area is 333 Å². The lowest BCUT2D eigenvalue weighted by molar-refractivity contribution is 0.234. The summed E-state index contributed by atoms with van der Waals surface area (Å²) in [5.74, 6) is 2.65. The first-order chi connectivity index (χ1) is 26.3. The van der Waals surface area contributed by atoms with Crippen molar-refractivity contribution in [3.63, 3.8) is 0 Å². The van der Waals surface area contributed by atoms with Gasteiger partial charge in [-0.3, -0.25) is 0 Å². The molecular formula is C50H94O3. The maximum Gasteiger partial charge on any atom is 0.203 e. The van der Waals surface area contributed by atoms with Gasteiger partial charge in [-0.15, -0.1) is 0 Å². The van der Waals surface area contributed by atoms with E-state index >= 15 is 0 Å². The molecule has 0 amide bonds. The number of hydrogen-bond acceptors (Lipinski definition) is 3. The minimum Gasteiger partial charge on any atom is -0.490 e. The quantitative estimate of drug-likeness (QED) is 0.0624. The Kier molecular flexibility index (Phi) is 37.7. The standard InChI is InChI=1S/C50H94O3/c1-5-9-12-15-18-21-24-27-30-33-36-39-42-51-48-45-47(8-4)46-49(52-43-40-37-34-31-28-25-22-19-16-13-10-6-2)50(48)53-44-41-38-35-32-29-26-23-20-17-14-11-7-3/h45-46H,5-44H2,1-4H3. The summed E-state index contributed by atoms with van der Waals surface area (Å²) in [5, 5.41) is 0. The maximum absolute atomic E-state index is 6.54. The molecule has 0 N–H and O–H groups in total. The zero-order chi connectivity index (χ0) is 38.1. The second-order valence-corrected chi connectivity index (χ2v) is 16.5. The predicted octanol–water partition coefficient (Wildman–Crippen LogP) is 17.5. The summed E-state index contributed by atoms with van der Waals surface area (Å²) in [5.41, 5.74) is 1.28. The van der Waals surface area contributed by atoms with E-state index in [1.165, 1.54) is 217 Å². The maximum atomic E-state index is 6.54. The molecule has 0 aliphatic carbocycles. The molecule has 1 aromatic carbocycles. The average Bonchev–Trinajstić information content (AvgIpc) is 3.17. The van der Waals surface area contributed by atoms with Crippen LogP contribution < -0.4 is 14.2 Å². The zero-order valence-corrected chi connectivity index (χ0v) is 36.7. The van der Waals surface area contributed by atoms with Crippen LogP contribution in [0.15, 0.2) is 12.1 Å². The van der Waals surface area contributed by atoms with Gasteiger partial charge in [0.2, 0.25) is 5.75 Å². The van der Waals surface area contributed by atoms with Crippen molar-refractivity contribution in [2.75, 3.05) is 19.8 Å². The van der Waals surface area contributed by atoms with Gasteiger partial charge in [0.15, 0.2) is 11.5 Å². The Morgan fingerprint density at radius 2 is 0.509 bits per heavy atom. The highest BCUT2D eigenvalue weighted by atomic mass is 16.5. The molecule has 3 heteroatoms. The van der Waals surface area contributed by atoms with Crippen molar-refractivity contribution in [3.8, 4) is 17.2 Å². The summed E-state index contributed by atoms with van der Waals surface area (Å²) in [6.45, 7) is 11.4. The van der Waals surface area contributed by atoms with Crippen LogP contribution in [0.1, 0.15) is 264 Å². The van der Waals surface area contributed by atoms with Crippen LogP contribution >= 0.6 is 0 Å². The largest absolute Gasteiger partial charge is 0.490 e. The third kappa shape index (κ3) is 31.5. The first-order valence-corrected chi connectivity index (χ1v) is 24.3. The third-order valence-electron chi connectivity index (χ3n) is 11.2. The molecule has 0 aliphatic rings. The molecule has 0 aliphatic heterocycles. The Morgan fingerprint density at radius 1 is 0.283 bits per heavy atom.